The number of halogens is 4. The molecular formula is C17H19ClF3N5O2. The van der Waals surface area contributed by atoms with Gasteiger partial charge < -0.3 is 4.90 Å². The Labute approximate surface area is 164 Å². The third kappa shape index (κ3) is 4.07. The Balaban J connectivity index is 1.73. The molecule has 1 aromatic heterocycles. The fourth-order valence-corrected chi connectivity index (χ4v) is 3.57. The zero-order valence-electron chi connectivity index (χ0n) is 15.3. The molecule has 2 heterocycles. The van der Waals surface area contributed by atoms with E-state index in [-0.39, 0.29) is 5.69 Å². The number of rotatable bonds is 4. The number of benzene rings is 1. The Kier molecular flexibility index (Phi) is 5.53. The molecule has 7 nitrogen and oxygen atoms in total. The molecule has 11 heteroatoms. The van der Waals surface area contributed by atoms with E-state index in [0.29, 0.717) is 43.9 Å². The normalized spacial score (nSPS) is 15.9. The second-order valence-electron chi connectivity index (χ2n) is 6.70. The summed E-state index contributed by atoms with van der Waals surface area (Å²) < 4.78 is 40.2. The summed E-state index contributed by atoms with van der Waals surface area (Å²) in [7, 11) is 1.76. The lowest BCUT2D eigenvalue weighted by atomic mass is 10.1. The monoisotopic (exact) mass is 417 g/mol. The zero-order valence-corrected chi connectivity index (χ0v) is 16.1. The summed E-state index contributed by atoms with van der Waals surface area (Å²) in [5.74, 6) is 0. The fraction of sp³-hybridized carbons (Fsp3) is 0.471. The van der Waals surface area contributed by atoms with E-state index in [1.165, 1.54) is 6.07 Å². The molecule has 0 N–H and O–H groups in total. The van der Waals surface area contributed by atoms with Crippen LogP contribution in [0.1, 0.15) is 16.8 Å². The molecule has 28 heavy (non-hydrogen) atoms. The van der Waals surface area contributed by atoms with E-state index in [1.807, 2.05) is 6.92 Å². The molecule has 1 aromatic carbocycles. The summed E-state index contributed by atoms with van der Waals surface area (Å²) in [5.41, 5.74) is 0.414. The second-order valence-corrected chi connectivity index (χ2v) is 7.06. The van der Waals surface area contributed by atoms with Gasteiger partial charge in [0.2, 0.25) is 0 Å². The zero-order chi connectivity index (χ0) is 20.6. The number of alkyl halides is 3. The molecule has 0 saturated carbocycles. The van der Waals surface area contributed by atoms with Crippen molar-refractivity contribution in [2.45, 2.75) is 19.6 Å². The van der Waals surface area contributed by atoms with Crippen LogP contribution in [0.25, 0.3) is 0 Å². The number of piperazine rings is 1. The first-order valence-electron chi connectivity index (χ1n) is 8.59. The van der Waals surface area contributed by atoms with Crippen molar-refractivity contribution < 1.29 is 18.1 Å². The van der Waals surface area contributed by atoms with Gasteiger partial charge in [0.1, 0.15) is 10.8 Å². The maximum absolute atomic E-state index is 12.9. The van der Waals surface area contributed by atoms with Crippen LogP contribution in [0, 0.1) is 17.0 Å². The van der Waals surface area contributed by atoms with E-state index in [1.54, 1.807) is 16.6 Å². The second kappa shape index (κ2) is 7.59. The van der Waals surface area contributed by atoms with Crippen LogP contribution in [0.15, 0.2) is 18.2 Å². The van der Waals surface area contributed by atoms with Crippen LogP contribution in [0.2, 0.25) is 5.15 Å². The van der Waals surface area contributed by atoms with Gasteiger partial charge in [-0.3, -0.25) is 19.7 Å². The van der Waals surface area contributed by atoms with Gasteiger partial charge in [-0.15, -0.1) is 0 Å². The largest absolute Gasteiger partial charge is 0.416 e. The number of nitrogens with zero attached hydrogens (tertiary/aromatic N) is 5. The van der Waals surface area contributed by atoms with Gasteiger partial charge in [0.25, 0.3) is 5.69 Å². The Morgan fingerprint density at radius 2 is 1.89 bits per heavy atom. The van der Waals surface area contributed by atoms with Gasteiger partial charge in [-0.05, 0) is 19.1 Å². The summed E-state index contributed by atoms with van der Waals surface area (Å²) >= 11 is 6.26. The molecule has 1 fully saturated rings. The van der Waals surface area contributed by atoms with E-state index in [4.69, 9.17) is 11.6 Å². The van der Waals surface area contributed by atoms with Crippen molar-refractivity contribution in [2.24, 2.45) is 7.05 Å². The van der Waals surface area contributed by atoms with Crippen molar-refractivity contribution in [3.63, 3.8) is 0 Å². The molecule has 0 amide bonds. The summed E-state index contributed by atoms with van der Waals surface area (Å²) in [6.45, 7) is 4.60. The number of aryl methyl sites for hydroxylation is 2. The van der Waals surface area contributed by atoms with Gasteiger partial charge in [0, 0.05) is 51.4 Å². The summed E-state index contributed by atoms with van der Waals surface area (Å²) in [6, 6.07) is 2.66. The standard InChI is InChI=1S/C17H19ClF3N5O2/c1-11-13(16(18)23(2)22-11)10-24-5-7-25(8-6-24)14-4-3-12(17(19,20)21)9-15(14)26(27)28/h3-4,9H,5-8,10H2,1-2H3. The lowest BCUT2D eigenvalue weighted by molar-refractivity contribution is -0.384. The van der Waals surface area contributed by atoms with Crippen LogP contribution in [-0.2, 0) is 19.8 Å². The molecule has 0 atom stereocenters. The highest BCUT2D eigenvalue weighted by atomic mass is 35.5. The highest BCUT2D eigenvalue weighted by Crippen LogP contribution is 2.36. The molecule has 3 rings (SSSR count). The van der Waals surface area contributed by atoms with E-state index in [0.717, 1.165) is 17.3 Å². The molecule has 0 unspecified atom stereocenters. The van der Waals surface area contributed by atoms with Crippen LogP contribution < -0.4 is 4.90 Å². The van der Waals surface area contributed by atoms with Crippen molar-refractivity contribution in [3.8, 4) is 0 Å². The molecule has 0 aliphatic carbocycles. The van der Waals surface area contributed by atoms with Gasteiger partial charge in [-0.1, -0.05) is 11.6 Å². The SMILES string of the molecule is Cc1nn(C)c(Cl)c1CN1CCN(c2ccc(C(F)(F)F)cc2[N+](=O)[O-])CC1. The van der Waals surface area contributed by atoms with Crippen molar-refractivity contribution in [1.29, 1.82) is 0 Å². The van der Waals surface area contributed by atoms with E-state index in [2.05, 4.69) is 10.00 Å². The minimum absolute atomic E-state index is 0.202. The van der Waals surface area contributed by atoms with Crippen molar-refractivity contribution in [2.75, 3.05) is 31.1 Å². The highest BCUT2D eigenvalue weighted by molar-refractivity contribution is 6.30. The first-order valence-corrected chi connectivity index (χ1v) is 8.96. The van der Waals surface area contributed by atoms with Gasteiger partial charge >= 0.3 is 6.18 Å². The number of hydrogen-bond donors (Lipinski definition) is 0. The van der Waals surface area contributed by atoms with Gasteiger partial charge in [-0.2, -0.15) is 18.3 Å². The Hall–Kier alpha value is -2.33. The van der Waals surface area contributed by atoms with Crippen molar-refractivity contribution in [3.05, 3.63) is 50.3 Å². The number of aromatic nitrogens is 2. The van der Waals surface area contributed by atoms with Crippen molar-refractivity contribution in [1.82, 2.24) is 14.7 Å². The molecular weight excluding hydrogens is 399 g/mol. The topological polar surface area (TPSA) is 67.4 Å². The minimum Gasteiger partial charge on any atom is -0.363 e. The number of anilines is 1. The summed E-state index contributed by atoms with van der Waals surface area (Å²) in [4.78, 5) is 14.4. The van der Waals surface area contributed by atoms with Gasteiger partial charge in [-0.25, -0.2) is 0 Å². The van der Waals surface area contributed by atoms with E-state index >= 15 is 0 Å². The van der Waals surface area contributed by atoms with Crippen LogP contribution in [0.5, 0.6) is 0 Å². The third-order valence-corrected chi connectivity index (χ3v) is 5.34. The molecule has 152 valence electrons. The predicted molar refractivity (Wildman–Crippen MR) is 98.5 cm³/mol. The number of hydrogen-bond acceptors (Lipinski definition) is 5. The van der Waals surface area contributed by atoms with Crippen LogP contribution in [0.4, 0.5) is 24.5 Å². The first-order chi connectivity index (χ1) is 13.1. The molecule has 0 spiro atoms. The van der Waals surface area contributed by atoms with Crippen molar-refractivity contribution >= 4 is 23.0 Å². The van der Waals surface area contributed by atoms with Crippen LogP contribution in [-0.4, -0.2) is 45.8 Å². The van der Waals surface area contributed by atoms with Gasteiger partial charge in [0.15, 0.2) is 0 Å². The summed E-state index contributed by atoms with van der Waals surface area (Å²) in [5, 5.41) is 16.1. The lowest BCUT2D eigenvalue weighted by Crippen LogP contribution is -2.46. The summed E-state index contributed by atoms with van der Waals surface area (Å²) in [6.07, 6.45) is -4.62. The van der Waals surface area contributed by atoms with E-state index in [9.17, 15) is 23.3 Å². The quantitative estimate of drug-likeness (QED) is 0.561. The third-order valence-electron chi connectivity index (χ3n) is 4.86. The predicted octanol–water partition coefficient (Wildman–Crippen LogP) is 3.63. The molecule has 0 bridgehead atoms. The highest BCUT2D eigenvalue weighted by Gasteiger charge is 2.34. The first kappa shape index (κ1) is 20.4. The maximum Gasteiger partial charge on any atom is 0.416 e. The maximum atomic E-state index is 12.9. The Morgan fingerprint density at radius 3 is 2.39 bits per heavy atom. The van der Waals surface area contributed by atoms with Crippen LogP contribution >= 0.6 is 11.6 Å². The van der Waals surface area contributed by atoms with Crippen LogP contribution in [0.3, 0.4) is 0 Å². The molecule has 1 saturated heterocycles. The smallest absolute Gasteiger partial charge is 0.363 e. The minimum atomic E-state index is -4.62. The Morgan fingerprint density at radius 1 is 1.25 bits per heavy atom. The molecule has 2 aromatic rings. The lowest BCUT2D eigenvalue weighted by Gasteiger charge is -2.35. The fourth-order valence-electron chi connectivity index (χ4n) is 3.34. The number of nitro benzene ring substituents is 1. The number of nitro groups is 1. The van der Waals surface area contributed by atoms with E-state index < -0.39 is 22.4 Å². The Bertz CT molecular complexity index is 892. The molecule has 1 aliphatic heterocycles. The molecule has 1 aliphatic rings. The van der Waals surface area contributed by atoms with Gasteiger partial charge in [0.05, 0.1) is 16.2 Å². The molecule has 0 radical (unpaired) electrons. The average Bonchev–Trinajstić information content (AvgIpc) is 2.87. The average molecular weight is 418 g/mol.